The lowest BCUT2D eigenvalue weighted by Gasteiger charge is -2.38. The van der Waals surface area contributed by atoms with Gasteiger partial charge < -0.3 is 24.5 Å². The van der Waals surface area contributed by atoms with Crippen LogP contribution in [0.2, 0.25) is 0 Å². The number of amides is 3. The monoisotopic (exact) mass is 736 g/mol. The van der Waals surface area contributed by atoms with Crippen LogP contribution in [0.25, 0.3) is 11.0 Å². The number of benzene rings is 2. The van der Waals surface area contributed by atoms with E-state index in [-0.39, 0.29) is 54.2 Å². The van der Waals surface area contributed by atoms with Crippen LogP contribution in [-0.2, 0) is 21.1 Å². The number of likely N-dealkylation sites (tertiary alicyclic amines) is 1. The maximum Gasteiger partial charge on any atom is 0.248 e. The summed E-state index contributed by atoms with van der Waals surface area (Å²) in [5.74, 6) is -1.21. The molecule has 6 rings (SSSR count). The molecule has 3 amide bonds. The van der Waals surface area contributed by atoms with Gasteiger partial charge >= 0.3 is 0 Å². The zero-order valence-corrected chi connectivity index (χ0v) is 29.4. The molecule has 3 fully saturated rings. The molecule has 11 nitrogen and oxygen atoms in total. The Morgan fingerprint density at radius 3 is 2.58 bits per heavy atom. The van der Waals surface area contributed by atoms with Crippen LogP contribution in [0, 0.1) is 11.8 Å². The highest BCUT2D eigenvalue weighted by atomic mass is 79.9. The Labute approximate surface area is 293 Å². The molecule has 0 saturated carbocycles. The second kappa shape index (κ2) is 14.4. The number of hydrogen-bond donors (Lipinski definition) is 1. The first-order chi connectivity index (χ1) is 23.3. The highest BCUT2D eigenvalue weighted by Gasteiger charge is 2.76. The predicted octanol–water partition coefficient (Wildman–Crippen LogP) is 4.26. The Bertz CT molecular complexity index is 1690. The summed E-state index contributed by atoms with van der Waals surface area (Å²) in [5.41, 5.74) is 2.19. The molecule has 3 saturated heterocycles. The number of fused-ring (bicyclic) bond motifs is 2. The van der Waals surface area contributed by atoms with Gasteiger partial charge in [0.15, 0.2) is 0 Å². The van der Waals surface area contributed by atoms with Gasteiger partial charge in [-0.2, -0.15) is 0 Å². The fourth-order valence-corrected chi connectivity index (χ4v) is 11.2. The van der Waals surface area contributed by atoms with E-state index in [1.54, 1.807) is 43.3 Å². The molecule has 0 radical (unpaired) electrons. The van der Waals surface area contributed by atoms with Gasteiger partial charge in [0.25, 0.3) is 0 Å². The van der Waals surface area contributed by atoms with Gasteiger partial charge in [-0.15, -0.1) is 30.0 Å². The zero-order valence-electron chi connectivity index (χ0n) is 27.0. The number of alkyl halides is 1. The minimum Gasteiger partial charge on any atom is -0.494 e. The van der Waals surface area contributed by atoms with Crippen molar-refractivity contribution < 1.29 is 24.2 Å². The molecule has 2 aromatic carbocycles. The first kappa shape index (κ1) is 34.2. The Kier molecular flexibility index (Phi) is 10.3. The van der Waals surface area contributed by atoms with E-state index in [2.05, 4.69) is 39.4 Å². The lowest BCUT2D eigenvalue weighted by Crippen LogP contribution is -2.56. The molecule has 13 heteroatoms. The Morgan fingerprint density at radius 2 is 1.88 bits per heavy atom. The maximum absolute atomic E-state index is 14.9. The van der Waals surface area contributed by atoms with Crippen molar-refractivity contribution >= 4 is 62.1 Å². The summed E-state index contributed by atoms with van der Waals surface area (Å²) < 4.78 is 6.47. The molecular formula is C35H41BrN6O5S. The lowest BCUT2D eigenvalue weighted by molar-refractivity contribution is -0.143. The Balaban J connectivity index is 1.37. The number of anilines is 1. The van der Waals surface area contributed by atoms with E-state index in [0.29, 0.717) is 49.4 Å². The Morgan fingerprint density at radius 1 is 1.12 bits per heavy atom. The topological polar surface area (TPSA) is 121 Å². The molecule has 6 atom stereocenters. The number of nitrogens with zero attached hydrogens (tertiary/aromatic N) is 6. The Hall–Kier alpha value is -3.68. The van der Waals surface area contributed by atoms with Gasteiger partial charge in [-0.3, -0.25) is 14.4 Å². The average molecular weight is 738 g/mol. The lowest BCUT2D eigenvalue weighted by atomic mass is 9.70. The average Bonchev–Trinajstić information content (AvgIpc) is 3.81. The van der Waals surface area contributed by atoms with Crippen molar-refractivity contribution in [2.75, 3.05) is 37.7 Å². The number of carbonyl (C=O) groups excluding carboxylic acids is 3. The van der Waals surface area contributed by atoms with Crippen molar-refractivity contribution in [2.45, 2.75) is 53.7 Å². The third-order valence-electron chi connectivity index (χ3n) is 9.54. The largest absolute Gasteiger partial charge is 0.494 e. The van der Waals surface area contributed by atoms with Crippen molar-refractivity contribution in [2.24, 2.45) is 11.8 Å². The summed E-state index contributed by atoms with van der Waals surface area (Å²) in [4.78, 5) is 49.1. The van der Waals surface area contributed by atoms with Crippen LogP contribution in [0.4, 0.5) is 5.69 Å². The van der Waals surface area contributed by atoms with Gasteiger partial charge in [0.2, 0.25) is 17.7 Å². The van der Waals surface area contributed by atoms with Crippen LogP contribution in [0.1, 0.15) is 26.2 Å². The summed E-state index contributed by atoms with van der Waals surface area (Å²) in [6, 6.07) is 14.1. The van der Waals surface area contributed by atoms with Gasteiger partial charge in [-0.1, -0.05) is 45.4 Å². The number of ether oxygens (including phenoxy) is 1. The van der Waals surface area contributed by atoms with Gasteiger partial charge in [-0.25, -0.2) is 4.68 Å². The van der Waals surface area contributed by atoms with Gasteiger partial charge in [0.1, 0.15) is 24.0 Å². The SMILES string of the molecule is C=CCN(Cn1nnc2ccccc21)C(=O)C1N(CCCCO)C(=O)[C@@H]2[C@H](C(=O)N(CC=C)c3ccc(OCC)cc3)[C@H]3SC12CC3Br. The first-order valence-corrected chi connectivity index (χ1v) is 18.1. The van der Waals surface area contributed by atoms with E-state index in [1.165, 1.54) is 0 Å². The molecule has 48 heavy (non-hydrogen) atoms. The zero-order chi connectivity index (χ0) is 34.0. The molecule has 3 unspecified atom stereocenters. The molecule has 2 bridgehead atoms. The van der Waals surface area contributed by atoms with E-state index in [9.17, 15) is 19.5 Å². The van der Waals surface area contributed by atoms with E-state index < -0.39 is 22.6 Å². The van der Waals surface area contributed by atoms with Crippen molar-refractivity contribution in [1.29, 1.82) is 0 Å². The van der Waals surface area contributed by atoms with Crippen molar-refractivity contribution in [3.05, 3.63) is 73.8 Å². The predicted molar refractivity (Wildman–Crippen MR) is 190 cm³/mol. The maximum atomic E-state index is 14.9. The molecule has 254 valence electrons. The summed E-state index contributed by atoms with van der Waals surface area (Å²) in [5, 5.41) is 17.9. The third kappa shape index (κ3) is 5.94. The molecule has 3 aromatic rings. The second-order valence-electron chi connectivity index (χ2n) is 12.4. The van der Waals surface area contributed by atoms with E-state index in [0.717, 1.165) is 5.52 Å². The fourth-order valence-electron chi connectivity index (χ4n) is 7.58. The van der Waals surface area contributed by atoms with E-state index in [4.69, 9.17) is 4.74 Å². The van der Waals surface area contributed by atoms with Gasteiger partial charge in [0.05, 0.1) is 28.7 Å². The highest BCUT2D eigenvalue weighted by molar-refractivity contribution is 9.09. The van der Waals surface area contributed by atoms with Crippen LogP contribution in [0.3, 0.4) is 0 Å². The van der Waals surface area contributed by atoms with Crippen LogP contribution in [0.5, 0.6) is 5.75 Å². The van der Waals surface area contributed by atoms with E-state index >= 15 is 0 Å². The van der Waals surface area contributed by atoms with Crippen LogP contribution in [0.15, 0.2) is 73.8 Å². The molecule has 3 aliphatic rings. The molecule has 3 aliphatic heterocycles. The molecule has 1 spiro atoms. The van der Waals surface area contributed by atoms with Crippen molar-refractivity contribution in [3.63, 3.8) is 0 Å². The number of rotatable bonds is 15. The number of aromatic nitrogens is 3. The minimum absolute atomic E-state index is 0.0167. The summed E-state index contributed by atoms with van der Waals surface area (Å²) in [6.45, 7) is 11.2. The molecule has 4 heterocycles. The van der Waals surface area contributed by atoms with Crippen LogP contribution in [-0.4, -0.2) is 101 Å². The minimum atomic E-state index is -0.824. The summed E-state index contributed by atoms with van der Waals surface area (Å²) in [7, 11) is 0. The van der Waals surface area contributed by atoms with Crippen LogP contribution >= 0.6 is 27.7 Å². The molecular weight excluding hydrogens is 696 g/mol. The molecule has 1 aromatic heterocycles. The number of thioether (sulfide) groups is 1. The number of hydrogen-bond acceptors (Lipinski definition) is 8. The quantitative estimate of drug-likeness (QED) is 0.140. The number of para-hydroxylation sites is 1. The van der Waals surface area contributed by atoms with Crippen molar-refractivity contribution in [1.82, 2.24) is 24.8 Å². The first-order valence-electron chi connectivity index (χ1n) is 16.4. The normalized spacial score (nSPS) is 25.7. The van der Waals surface area contributed by atoms with Gasteiger partial charge in [0, 0.05) is 42.0 Å². The van der Waals surface area contributed by atoms with E-state index in [1.807, 2.05) is 55.5 Å². The number of halogens is 1. The van der Waals surface area contributed by atoms with Gasteiger partial charge in [-0.05, 0) is 62.6 Å². The standard InChI is InChI=1S/C35H41BrN6O5S/c1-4-17-39(22-42-27-12-8-7-11-26(27)37-38-42)34(46)31-35-21-25(36)30(48-35)28(29(35)33(45)41(31)19-9-10-20-43)32(44)40(18-5-2)23-13-15-24(16-14-23)47-6-3/h4-5,7-8,11-16,25,28-31,43H,1-2,6,9-10,17-22H2,3H3/t25?,28-,29-,30-,31?,35?/m0/s1. The summed E-state index contributed by atoms with van der Waals surface area (Å²) >= 11 is 5.48. The van der Waals surface area contributed by atoms with Crippen LogP contribution < -0.4 is 9.64 Å². The van der Waals surface area contributed by atoms with Crippen molar-refractivity contribution in [3.8, 4) is 5.75 Å². The number of aliphatic hydroxyl groups excluding tert-OH is 1. The second-order valence-corrected chi connectivity index (χ2v) is 15.1. The number of unbranched alkanes of at least 4 members (excludes halogenated alkanes) is 1. The number of aliphatic hydroxyl groups is 1. The molecule has 0 aliphatic carbocycles. The summed E-state index contributed by atoms with van der Waals surface area (Å²) in [6.07, 6.45) is 4.94. The third-order valence-corrected chi connectivity index (χ3v) is 12.8. The number of carbonyl (C=O) groups is 3. The molecule has 1 N–H and O–H groups in total. The highest BCUT2D eigenvalue weighted by Crippen LogP contribution is 2.68. The smallest absolute Gasteiger partial charge is 0.248 e. The fraction of sp³-hybridized carbons (Fsp3) is 0.457.